The van der Waals surface area contributed by atoms with Crippen molar-refractivity contribution in [3.05, 3.63) is 94.6 Å². The number of hydrogen-bond donors (Lipinski definition) is 0. The van der Waals surface area contributed by atoms with E-state index >= 15 is 0 Å². The second-order valence-corrected chi connectivity index (χ2v) is 9.46. The molecule has 0 saturated heterocycles. The van der Waals surface area contributed by atoms with Gasteiger partial charge in [-0.25, -0.2) is 22.4 Å². The van der Waals surface area contributed by atoms with Gasteiger partial charge in [-0.3, -0.25) is 0 Å². The fourth-order valence-corrected chi connectivity index (χ4v) is 4.60. The van der Waals surface area contributed by atoms with Crippen LogP contribution in [0.1, 0.15) is 60.0 Å². The molecule has 0 spiro atoms. The highest BCUT2D eigenvalue weighted by Crippen LogP contribution is 2.36. The van der Waals surface area contributed by atoms with Crippen LogP contribution >= 0.6 is 0 Å². The molecule has 0 aromatic heterocycles. The molecule has 38 heavy (non-hydrogen) atoms. The molecule has 200 valence electrons. The van der Waals surface area contributed by atoms with Gasteiger partial charge >= 0.3 is 12.1 Å². The fourth-order valence-electron chi connectivity index (χ4n) is 4.60. The highest BCUT2D eigenvalue weighted by atomic mass is 19.4. The maximum absolute atomic E-state index is 14.8. The van der Waals surface area contributed by atoms with Crippen molar-refractivity contribution in [2.75, 3.05) is 0 Å². The Morgan fingerprint density at radius 3 is 1.92 bits per heavy atom. The van der Waals surface area contributed by atoms with Gasteiger partial charge in [-0.1, -0.05) is 31.9 Å². The van der Waals surface area contributed by atoms with Crippen LogP contribution in [0.2, 0.25) is 0 Å². The van der Waals surface area contributed by atoms with Crippen LogP contribution < -0.4 is 4.74 Å². The van der Waals surface area contributed by atoms with E-state index < -0.39 is 57.9 Å². The van der Waals surface area contributed by atoms with Gasteiger partial charge in [0, 0.05) is 23.8 Å². The first-order valence-corrected chi connectivity index (χ1v) is 12.0. The van der Waals surface area contributed by atoms with Gasteiger partial charge in [-0.2, -0.15) is 13.2 Å². The van der Waals surface area contributed by atoms with Gasteiger partial charge < -0.3 is 4.74 Å². The molecule has 0 atom stereocenters. The zero-order chi connectivity index (χ0) is 27.6. The van der Waals surface area contributed by atoms with E-state index in [0.29, 0.717) is 36.1 Å². The molecular weight excluding hydrogens is 513 g/mol. The predicted octanol–water partition coefficient (Wildman–Crippen LogP) is 9.00. The first-order chi connectivity index (χ1) is 17.9. The largest absolute Gasteiger partial charge is 0.423 e. The molecule has 0 radical (unpaired) electrons. The number of carbonyl (C=O) groups is 1. The Hall–Kier alpha value is -3.62. The molecule has 0 bridgehead atoms. The van der Waals surface area contributed by atoms with Crippen LogP contribution in [0.5, 0.6) is 5.75 Å². The minimum atomic E-state index is -4.81. The summed E-state index contributed by atoms with van der Waals surface area (Å²) in [7, 11) is 0. The van der Waals surface area contributed by atoms with E-state index in [9.17, 15) is 35.5 Å². The highest BCUT2D eigenvalue weighted by Gasteiger charge is 2.24. The fraction of sp³-hybridized carbons (Fsp3) is 0.276. The number of halogens is 7. The quantitative estimate of drug-likeness (QED) is 0.185. The molecule has 1 fully saturated rings. The monoisotopic (exact) mass is 536 g/mol. The van der Waals surface area contributed by atoms with Crippen molar-refractivity contribution in [1.29, 1.82) is 0 Å². The number of ether oxygens (including phenoxy) is 1. The second-order valence-electron chi connectivity index (χ2n) is 9.46. The third-order valence-corrected chi connectivity index (χ3v) is 6.67. The number of allylic oxidation sites excluding steroid dienone is 1. The molecular formula is C29H23F7O2. The lowest BCUT2D eigenvalue weighted by Gasteiger charge is -2.26. The van der Waals surface area contributed by atoms with E-state index in [1.807, 2.05) is 12.1 Å². The average Bonchev–Trinajstić information content (AvgIpc) is 2.83. The van der Waals surface area contributed by atoms with E-state index in [1.54, 1.807) is 12.1 Å². The zero-order valence-corrected chi connectivity index (χ0v) is 20.2. The Morgan fingerprint density at radius 1 is 0.842 bits per heavy atom. The number of alkyl halides is 3. The summed E-state index contributed by atoms with van der Waals surface area (Å²) >= 11 is 0. The molecule has 0 heterocycles. The molecule has 1 aliphatic rings. The summed E-state index contributed by atoms with van der Waals surface area (Å²) in [5.74, 6) is -5.66. The summed E-state index contributed by atoms with van der Waals surface area (Å²) < 4.78 is 100. The van der Waals surface area contributed by atoms with E-state index in [0.717, 1.165) is 31.2 Å². The maximum atomic E-state index is 14.8. The normalized spacial score (nSPS) is 18.1. The second kappa shape index (κ2) is 11.0. The van der Waals surface area contributed by atoms with E-state index in [4.69, 9.17) is 4.74 Å². The Morgan fingerprint density at radius 2 is 1.39 bits per heavy atom. The molecule has 2 nitrogen and oxygen atoms in total. The van der Waals surface area contributed by atoms with Crippen molar-refractivity contribution < 1.29 is 40.3 Å². The first kappa shape index (κ1) is 27.4. The Balaban J connectivity index is 1.51. The third-order valence-electron chi connectivity index (χ3n) is 6.67. The van der Waals surface area contributed by atoms with Gasteiger partial charge in [-0.05, 0) is 66.1 Å². The number of hydrogen-bond acceptors (Lipinski definition) is 2. The standard InChI is InChI=1S/C29H23F7O2/c1-16-2-4-17(5-3-16)18-6-8-19(9-7-18)28(37)38-21-14-25(32)27(26(33)15-21)20-12-23(30)22(24(31)13-20)10-11-29(34,35)36/h6-17H,2-5H2,1H3/b11-10+. The molecule has 0 amide bonds. The summed E-state index contributed by atoms with van der Waals surface area (Å²) in [4.78, 5) is 12.5. The van der Waals surface area contributed by atoms with Crippen molar-refractivity contribution in [2.45, 2.75) is 44.7 Å². The molecule has 9 heteroatoms. The van der Waals surface area contributed by atoms with Gasteiger partial charge in [0.15, 0.2) is 0 Å². The molecule has 0 unspecified atom stereocenters. The van der Waals surface area contributed by atoms with Crippen LogP contribution in [-0.4, -0.2) is 12.1 Å². The van der Waals surface area contributed by atoms with E-state index in [-0.39, 0.29) is 17.7 Å². The molecule has 3 aromatic carbocycles. The average molecular weight is 536 g/mol. The van der Waals surface area contributed by atoms with Crippen LogP contribution in [0.3, 0.4) is 0 Å². The lowest BCUT2D eigenvalue weighted by atomic mass is 9.79. The zero-order valence-electron chi connectivity index (χ0n) is 20.2. The number of rotatable bonds is 5. The summed E-state index contributed by atoms with van der Waals surface area (Å²) in [6.07, 6.45) is -0.568. The van der Waals surface area contributed by atoms with Crippen LogP contribution in [-0.2, 0) is 0 Å². The Labute approximate surface area is 214 Å². The lowest BCUT2D eigenvalue weighted by Crippen LogP contribution is -2.12. The van der Waals surface area contributed by atoms with Gasteiger partial charge in [0.2, 0.25) is 0 Å². The van der Waals surface area contributed by atoms with Crippen molar-refractivity contribution in [1.82, 2.24) is 0 Å². The van der Waals surface area contributed by atoms with Gasteiger partial charge in [0.1, 0.15) is 29.0 Å². The van der Waals surface area contributed by atoms with E-state index in [2.05, 4.69) is 6.92 Å². The number of esters is 1. The molecule has 3 aromatic rings. The molecule has 1 saturated carbocycles. The predicted molar refractivity (Wildman–Crippen MR) is 129 cm³/mol. The third kappa shape index (κ3) is 6.44. The molecule has 1 aliphatic carbocycles. The summed E-state index contributed by atoms with van der Waals surface area (Å²) in [6.45, 7) is 2.22. The Bertz CT molecular complexity index is 1310. The summed E-state index contributed by atoms with van der Waals surface area (Å²) in [6, 6.07) is 9.22. The van der Waals surface area contributed by atoms with Crippen LogP contribution in [0.15, 0.2) is 54.6 Å². The van der Waals surface area contributed by atoms with Crippen molar-refractivity contribution in [3.63, 3.8) is 0 Å². The van der Waals surface area contributed by atoms with Crippen LogP contribution in [0, 0.1) is 29.2 Å². The van der Waals surface area contributed by atoms with Gasteiger partial charge in [0.05, 0.1) is 11.1 Å². The lowest BCUT2D eigenvalue weighted by molar-refractivity contribution is -0.0790. The Kier molecular flexibility index (Phi) is 7.94. The minimum absolute atomic E-state index is 0.175. The topological polar surface area (TPSA) is 26.3 Å². The van der Waals surface area contributed by atoms with Crippen LogP contribution in [0.25, 0.3) is 17.2 Å². The molecule has 4 rings (SSSR count). The highest BCUT2D eigenvalue weighted by molar-refractivity contribution is 5.91. The summed E-state index contributed by atoms with van der Waals surface area (Å²) in [5.41, 5.74) is -1.14. The molecule has 0 aliphatic heterocycles. The first-order valence-electron chi connectivity index (χ1n) is 12.0. The number of benzene rings is 3. The number of carbonyl (C=O) groups excluding carboxylic acids is 1. The minimum Gasteiger partial charge on any atom is -0.423 e. The van der Waals surface area contributed by atoms with Crippen molar-refractivity contribution in [2.24, 2.45) is 5.92 Å². The van der Waals surface area contributed by atoms with Crippen molar-refractivity contribution >= 4 is 12.0 Å². The van der Waals surface area contributed by atoms with Crippen LogP contribution in [0.4, 0.5) is 30.7 Å². The summed E-state index contributed by atoms with van der Waals surface area (Å²) in [5, 5.41) is 0. The SMILES string of the molecule is CC1CCC(c2ccc(C(=O)Oc3cc(F)c(-c4cc(F)c(/C=C/C(F)(F)F)c(F)c4)c(F)c3)cc2)CC1. The van der Waals surface area contributed by atoms with E-state index in [1.165, 1.54) is 0 Å². The van der Waals surface area contributed by atoms with Gasteiger partial charge in [0.25, 0.3) is 0 Å². The van der Waals surface area contributed by atoms with Gasteiger partial charge in [-0.15, -0.1) is 0 Å². The van der Waals surface area contributed by atoms with Crippen molar-refractivity contribution in [3.8, 4) is 16.9 Å². The maximum Gasteiger partial charge on any atom is 0.409 e. The smallest absolute Gasteiger partial charge is 0.409 e. The molecule has 0 N–H and O–H groups in total.